The number of anilines is 1. The molecule has 1 aromatic carbocycles. The fourth-order valence-corrected chi connectivity index (χ4v) is 2.23. The van der Waals surface area contributed by atoms with Crippen LogP contribution in [0.4, 0.5) is 10.5 Å². The van der Waals surface area contributed by atoms with Crippen molar-refractivity contribution < 1.29 is 19.4 Å². The molecule has 0 saturated carbocycles. The van der Waals surface area contributed by atoms with E-state index < -0.39 is 5.97 Å². The monoisotopic (exact) mass is 278 g/mol. The molecule has 0 atom stereocenters. The van der Waals surface area contributed by atoms with Crippen LogP contribution < -0.4 is 5.32 Å². The van der Waals surface area contributed by atoms with Crippen LogP contribution in [0.1, 0.15) is 12.0 Å². The van der Waals surface area contributed by atoms with Gasteiger partial charge in [0, 0.05) is 37.4 Å². The molecule has 2 N–H and O–H groups in total. The van der Waals surface area contributed by atoms with E-state index in [1.54, 1.807) is 12.0 Å². The molecule has 1 aromatic rings. The lowest BCUT2D eigenvalue weighted by molar-refractivity contribution is -0.139. The van der Waals surface area contributed by atoms with E-state index in [2.05, 4.69) is 5.32 Å². The van der Waals surface area contributed by atoms with Crippen LogP contribution in [0.2, 0.25) is 0 Å². The summed E-state index contributed by atoms with van der Waals surface area (Å²) >= 11 is 0. The number of carboxylic acids is 1. The summed E-state index contributed by atoms with van der Waals surface area (Å²) in [6, 6.07) is 7.24. The molecule has 20 heavy (non-hydrogen) atoms. The summed E-state index contributed by atoms with van der Waals surface area (Å²) in [5, 5.41) is 11.5. The molecule has 1 fully saturated rings. The van der Waals surface area contributed by atoms with Crippen molar-refractivity contribution in [2.45, 2.75) is 13.0 Å². The fraction of sp³-hybridized carbons (Fsp3) is 0.429. The number of nitrogens with one attached hydrogen (secondary N) is 1. The van der Waals surface area contributed by atoms with Gasteiger partial charge in [0.05, 0.1) is 13.0 Å². The Hall–Kier alpha value is -2.08. The second-order valence-electron chi connectivity index (χ2n) is 4.89. The van der Waals surface area contributed by atoms with E-state index in [-0.39, 0.29) is 18.4 Å². The zero-order valence-corrected chi connectivity index (χ0v) is 11.3. The third kappa shape index (κ3) is 3.48. The number of ether oxygens (including phenoxy) is 1. The van der Waals surface area contributed by atoms with Crippen LogP contribution in [0.25, 0.3) is 0 Å². The van der Waals surface area contributed by atoms with Gasteiger partial charge in [-0.05, 0) is 6.07 Å². The maximum absolute atomic E-state index is 12.0. The minimum Gasteiger partial charge on any atom is -0.481 e. The lowest BCUT2D eigenvalue weighted by Crippen LogP contribution is -2.52. The summed E-state index contributed by atoms with van der Waals surface area (Å²) in [7, 11) is 1.60. The maximum Gasteiger partial charge on any atom is 0.321 e. The molecule has 0 bridgehead atoms. The van der Waals surface area contributed by atoms with Crippen LogP contribution in [0, 0.1) is 5.92 Å². The average Bonchev–Trinajstić information content (AvgIpc) is 2.35. The zero-order valence-electron chi connectivity index (χ0n) is 11.3. The first-order chi connectivity index (χ1) is 9.60. The Kier molecular flexibility index (Phi) is 4.57. The number of para-hydroxylation sites is 1. The van der Waals surface area contributed by atoms with Gasteiger partial charge in [-0.1, -0.05) is 18.2 Å². The SMILES string of the molecule is COCc1ccccc1NC(=O)N1CC(CC(=O)O)C1. The van der Waals surface area contributed by atoms with E-state index in [4.69, 9.17) is 9.84 Å². The molecule has 108 valence electrons. The summed E-state index contributed by atoms with van der Waals surface area (Å²) in [5.74, 6) is -0.757. The first-order valence-corrected chi connectivity index (χ1v) is 6.44. The Balaban J connectivity index is 1.88. The van der Waals surface area contributed by atoms with E-state index in [1.165, 1.54) is 0 Å². The van der Waals surface area contributed by atoms with E-state index in [0.29, 0.717) is 19.7 Å². The van der Waals surface area contributed by atoms with E-state index in [0.717, 1.165) is 11.3 Å². The van der Waals surface area contributed by atoms with E-state index in [1.807, 2.05) is 24.3 Å². The highest BCUT2D eigenvalue weighted by atomic mass is 16.5. The van der Waals surface area contributed by atoms with Gasteiger partial charge in [-0.2, -0.15) is 0 Å². The summed E-state index contributed by atoms with van der Waals surface area (Å²) in [6.07, 6.45) is 0.115. The molecular formula is C14H18N2O4. The van der Waals surface area contributed by atoms with Crippen LogP contribution in [0.5, 0.6) is 0 Å². The van der Waals surface area contributed by atoms with Crippen molar-refractivity contribution in [3.05, 3.63) is 29.8 Å². The van der Waals surface area contributed by atoms with Crippen molar-refractivity contribution in [3.63, 3.8) is 0 Å². The molecule has 1 aliphatic rings. The molecule has 6 nitrogen and oxygen atoms in total. The number of nitrogens with zero attached hydrogens (tertiary/aromatic N) is 1. The van der Waals surface area contributed by atoms with Crippen molar-refractivity contribution in [1.82, 2.24) is 4.90 Å². The average molecular weight is 278 g/mol. The lowest BCUT2D eigenvalue weighted by atomic mass is 9.97. The van der Waals surface area contributed by atoms with Gasteiger partial charge in [-0.15, -0.1) is 0 Å². The number of hydrogen-bond donors (Lipinski definition) is 2. The number of methoxy groups -OCH3 is 1. The Morgan fingerprint density at radius 2 is 2.10 bits per heavy atom. The highest BCUT2D eigenvalue weighted by Crippen LogP contribution is 2.22. The predicted molar refractivity (Wildman–Crippen MR) is 73.5 cm³/mol. The molecule has 2 rings (SSSR count). The minimum atomic E-state index is -0.819. The van der Waals surface area contributed by atoms with Crippen molar-refractivity contribution >= 4 is 17.7 Å². The van der Waals surface area contributed by atoms with Gasteiger partial charge < -0.3 is 20.1 Å². The Morgan fingerprint density at radius 3 is 2.75 bits per heavy atom. The highest BCUT2D eigenvalue weighted by molar-refractivity contribution is 5.90. The van der Waals surface area contributed by atoms with Crippen LogP contribution in [0.15, 0.2) is 24.3 Å². The molecule has 0 spiro atoms. The summed E-state index contributed by atoms with van der Waals surface area (Å²) < 4.78 is 5.08. The molecule has 1 heterocycles. The molecule has 2 amide bonds. The lowest BCUT2D eigenvalue weighted by Gasteiger charge is -2.38. The van der Waals surface area contributed by atoms with E-state index >= 15 is 0 Å². The number of urea groups is 1. The third-order valence-electron chi connectivity index (χ3n) is 3.27. The first-order valence-electron chi connectivity index (χ1n) is 6.44. The Morgan fingerprint density at radius 1 is 1.40 bits per heavy atom. The topological polar surface area (TPSA) is 78.9 Å². The molecule has 0 radical (unpaired) electrons. The number of carbonyl (C=O) groups excluding carboxylic acids is 1. The molecule has 0 aliphatic carbocycles. The molecular weight excluding hydrogens is 260 g/mol. The first kappa shape index (κ1) is 14.3. The number of carboxylic acid groups (broad SMARTS) is 1. The van der Waals surface area contributed by atoms with Gasteiger partial charge in [-0.25, -0.2) is 4.79 Å². The smallest absolute Gasteiger partial charge is 0.321 e. The molecule has 0 aromatic heterocycles. The number of likely N-dealkylation sites (tertiary alicyclic amines) is 1. The largest absolute Gasteiger partial charge is 0.481 e. The van der Waals surface area contributed by atoms with Gasteiger partial charge in [0.25, 0.3) is 0 Å². The summed E-state index contributed by atoms with van der Waals surface area (Å²) in [4.78, 5) is 24.2. The Labute approximate surface area is 117 Å². The zero-order chi connectivity index (χ0) is 14.5. The van der Waals surface area contributed by atoms with Crippen molar-refractivity contribution in [1.29, 1.82) is 0 Å². The molecule has 6 heteroatoms. The van der Waals surface area contributed by atoms with Gasteiger partial charge in [0.2, 0.25) is 0 Å². The molecule has 1 saturated heterocycles. The van der Waals surface area contributed by atoms with Gasteiger partial charge >= 0.3 is 12.0 Å². The van der Waals surface area contributed by atoms with Crippen LogP contribution in [0.3, 0.4) is 0 Å². The second kappa shape index (κ2) is 6.38. The van der Waals surface area contributed by atoms with Crippen molar-refractivity contribution in [2.24, 2.45) is 5.92 Å². The fourth-order valence-electron chi connectivity index (χ4n) is 2.23. The summed E-state index contributed by atoms with van der Waals surface area (Å²) in [5.41, 5.74) is 1.63. The molecule has 1 aliphatic heterocycles. The number of hydrogen-bond acceptors (Lipinski definition) is 3. The number of rotatable bonds is 5. The normalized spacial score (nSPS) is 14.8. The Bertz CT molecular complexity index is 498. The highest BCUT2D eigenvalue weighted by Gasteiger charge is 2.32. The standard InChI is InChI=1S/C14H18N2O4/c1-20-9-11-4-2-3-5-12(11)15-14(19)16-7-10(8-16)6-13(17)18/h2-5,10H,6-9H2,1H3,(H,15,19)(H,17,18). The van der Waals surface area contributed by atoms with Crippen molar-refractivity contribution in [2.75, 3.05) is 25.5 Å². The number of benzene rings is 1. The maximum atomic E-state index is 12.0. The predicted octanol–water partition coefficient (Wildman–Crippen LogP) is 1.77. The van der Waals surface area contributed by atoms with Gasteiger partial charge in [0.1, 0.15) is 0 Å². The second-order valence-corrected chi connectivity index (χ2v) is 4.89. The third-order valence-corrected chi connectivity index (χ3v) is 3.27. The van der Waals surface area contributed by atoms with Crippen LogP contribution in [-0.2, 0) is 16.1 Å². The molecule has 0 unspecified atom stereocenters. The van der Waals surface area contributed by atoms with Crippen molar-refractivity contribution in [3.8, 4) is 0 Å². The quantitative estimate of drug-likeness (QED) is 0.860. The van der Waals surface area contributed by atoms with Crippen LogP contribution >= 0.6 is 0 Å². The van der Waals surface area contributed by atoms with Gasteiger partial charge in [-0.3, -0.25) is 4.79 Å². The number of aliphatic carboxylic acids is 1. The minimum absolute atomic E-state index is 0.0625. The number of carbonyl (C=O) groups is 2. The van der Waals surface area contributed by atoms with E-state index in [9.17, 15) is 9.59 Å². The number of amides is 2. The van der Waals surface area contributed by atoms with Crippen LogP contribution in [-0.4, -0.2) is 42.2 Å². The summed E-state index contributed by atoms with van der Waals surface area (Å²) in [6.45, 7) is 1.41. The van der Waals surface area contributed by atoms with Gasteiger partial charge in [0.15, 0.2) is 0 Å².